The number of halogens is 3. The van der Waals surface area contributed by atoms with E-state index >= 15 is 0 Å². The van der Waals surface area contributed by atoms with E-state index in [1.165, 1.54) is 4.90 Å². The molecule has 0 radical (unpaired) electrons. The topological polar surface area (TPSA) is 23.5 Å². The predicted molar refractivity (Wildman–Crippen MR) is 64.7 cm³/mol. The molecule has 0 spiro atoms. The molecule has 1 fully saturated rings. The lowest BCUT2D eigenvalue weighted by atomic mass is 10.1. The van der Waals surface area contributed by atoms with Gasteiger partial charge in [0.2, 0.25) is 0 Å². The van der Waals surface area contributed by atoms with Crippen LogP contribution in [0.5, 0.6) is 0 Å². The molecule has 0 aliphatic heterocycles. The summed E-state index contributed by atoms with van der Waals surface area (Å²) in [6.45, 7) is -0.923. The smallest absolute Gasteiger partial charge is 0.387 e. The van der Waals surface area contributed by atoms with Gasteiger partial charge >= 0.3 is 6.18 Å². The van der Waals surface area contributed by atoms with E-state index in [0.29, 0.717) is 6.42 Å². The van der Waals surface area contributed by atoms with Crippen molar-refractivity contribution in [1.29, 1.82) is 0 Å². The van der Waals surface area contributed by atoms with Crippen molar-refractivity contribution in [2.45, 2.75) is 43.6 Å². The molecule has 3 rings (SSSR count). The molecule has 0 heterocycles. The number of hydrogen-bond acceptors (Lipinski definition) is 2. The number of rotatable bonds is 3. The summed E-state index contributed by atoms with van der Waals surface area (Å²) in [6.07, 6.45) is -2.91. The van der Waals surface area contributed by atoms with Crippen LogP contribution in [-0.4, -0.2) is 34.8 Å². The Balaban J connectivity index is 1.82. The summed E-state index contributed by atoms with van der Waals surface area (Å²) < 4.78 is 38.0. The Hall–Kier alpha value is -1.07. The molecule has 0 bridgehead atoms. The summed E-state index contributed by atoms with van der Waals surface area (Å²) in [6, 6.07) is 6.91. The highest BCUT2D eigenvalue weighted by atomic mass is 19.4. The van der Waals surface area contributed by atoms with Gasteiger partial charge in [0.1, 0.15) is 0 Å². The van der Waals surface area contributed by atoms with Crippen LogP contribution in [0.4, 0.5) is 13.2 Å². The van der Waals surface area contributed by atoms with Crippen LogP contribution >= 0.6 is 0 Å². The monoisotopic (exact) mass is 271 g/mol. The highest BCUT2D eigenvalue weighted by Crippen LogP contribution is 2.40. The predicted octanol–water partition coefficient (Wildman–Crippen LogP) is 2.67. The third kappa shape index (κ3) is 2.62. The number of aliphatic hydroxyl groups is 1. The second-order valence-electron chi connectivity index (χ2n) is 5.43. The molecule has 0 amide bonds. The number of aliphatic hydroxyl groups excluding tert-OH is 1. The van der Waals surface area contributed by atoms with Crippen molar-refractivity contribution >= 4 is 0 Å². The van der Waals surface area contributed by atoms with Gasteiger partial charge in [-0.3, -0.25) is 4.90 Å². The molecule has 2 nitrogen and oxygen atoms in total. The standard InChI is InChI=1S/C14H16F3NO/c15-14(16,17)8-18(10-5-6-10)12-7-9-3-1-2-4-11(9)13(12)19/h1-4,10,12-13,19H,5-8H2. The third-order valence-electron chi connectivity index (χ3n) is 3.97. The molecule has 2 unspecified atom stereocenters. The second-order valence-corrected chi connectivity index (χ2v) is 5.43. The minimum absolute atomic E-state index is 0.0180. The minimum Gasteiger partial charge on any atom is -0.387 e. The summed E-state index contributed by atoms with van der Waals surface area (Å²) in [5, 5.41) is 10.3. The van der Waals surface area contributed by atoms with Gasteiger partial charge in [0.15, 0.2) is 0 Å². The lowest BCUT2D eigenvalue weighted by Crippen LogP contribution is -2.45. The molecular formula is C14H16F3NO. The molecule has 1 N–H and O–H groups in total. The fourth-order valence-corrected chi connectivity index (χ4v) is 2.98. The number of fused-ring (bicyclic) bond motifs is 1. The van der Waals surface area contributed by atoms with Gasteiger partial charge in [0, 0.05) is 12.1 Å². The van der Waals surface area contributed by atoms with Crippen molar-refractivity contribution in [3.8, 4) is 0 Å². The van der Waals surface area contributed by atoms with E-state index in [-0.39, 0.29) is 6.04 Å². The summed E-state index contributed by atoms with van der Waals surface area (Å²) in [5.41, 5.74) is 1.74. The zero-order valence-corrected chi connectivity index (χ0v) is 10.4. The number of alkyl halides is 3. The number of benzene rings is 1. The van der Waals surface area contributed by atoms with Gasteiger partial charge in [-0.15, -0.1) is 0 Å². The summed E-state index contributed by atoms with van der Waals surface area (Å²) in [7, 11) is 0. The largest absolute Gasteiger partial charge is 0.401 e. The maximum Gasteiger partial charge on any atom is 0.401 e. The first-order valence-corrected chi connectivity index (χ1v) is 6.54. The molecule has 1 aromatic carbocycles. The zero-order chi connectivity index (χ0) is 13.6. The summed E-state index contributed by atoms with van der Waals surface area (Å²) >= 11 is 0. The van der Waals surface area contributed by atoms with Gasteiger partial charge < -0.3 is 5.11 Å². The van der Waals surface area contributed by atoms with Crippen LogP contribution in [0.3, 0.4) is 0 Å². The van der Waals surface area contributed by atoms with E-state index in [0.717, 1.165) is 24.0 Å². The minimum atomic E-state index is -4.21. The van der Waals surface area contributed by atoms with E-state index in [9.17, 15) is 18.3 Å². The van der Waals surface area contributed by atoms with E-state index in [1.807, 2.05) is 18.2 Å². The van der Waals surface area contributed by atoms with Crippen LogP contribution < -0.4 is 0 Å². The van der Waals surface area contributed by atoms with E-state index in [4.69, 9.17) is 0 Å². The van der Waals surface area contributed by atoms with Gasteiger partial charge in [0.25, 0.3) is 0 Å². The Bertz CT molecular complexity index is 470. The van der Waals surface area contributed by atoms with Gasteiger partial charge in [0.05, 0.1) is 12.6 Å². The first kappa shape index (κ1) is 12.9. The van der Waals surface area contributed by atoms with Crippen LogP contribution in [0.15, 0.2) is 24.3 Å². The zero-order valence-electron chi connectivity index (χ0n) is 10.4. The maximum atomic E-state index is 12.7. The molecule has 1 saturated carbocycles. The maximum absolute atomic E-state index is 12.7. The molecule has 104 valence electrons. The SMILES string of the molecule is OC1c2ccccc2CC1N(CC(F)(F)F)C1CC1. The molecule has 1 aromatic rings. The lowest BCUT2D eigenvalue weighted by Gasteiger charge is -2.31. The average molecular weight is 271 g/mol. The van der Waals surface area contributed by atoms with Gasteiger partial charge in [-0.25, -0.2) is 0 Å². The molecule has 0 saturated heterocycles. The Morgan fingerprint density at radius 3 is 2.47 bits per heavy atom. The molecule has 5 heteroatoms. The number of nitrogens with zero attached hydrogens (tertiary/aromatic N) is 1. The van der Waals surface area contributed by atoms with E-state index < -0.39 is 24.9 Å². The fourth-order valence-electron chi connectivity index (χ4n) is 2.98. The normalized spacial score (nSPS) is 26.8. The highest BCUT2D eigenvalue weighted by molar-refractivity contribution is 5.36. The summed E-state index contributed by atoms with van der Waals surface area (Å²) in [5.74, 6) is 0. The van der Waals surface area contributed by atoms with Gasteiger partial charge in [-0.2, -0.15) is 13.2 Å². The van der Waals surface area contributed by atoms with Crippen LogP contribution in [0.1, 0.15) is 30.1 Å². The first-order chi connectivity index (χ1) is 8.96. The Kier molecular flexibility index (Phi) is 3.06. The van der Waals surface area contributed by atoms with Crippen LogP contribution in [0.25, 0.3) is 0 Å². The average Bonchev–Trinajstić information content (AvgIpc) is 3.12. The van der Waals surface area contributed by atoms with Crippen LogP contribution in [0.2, 0.25) is 0 Å². The van der Waals surface area contributed by atoms with Crippen molar-refractivity contribution in [1.82, 2.24) is 4.90 Å². The Morgan fingerprint density at radius 2 is 1.89 bits per heavy atom. The molecule has 2 atom stereocenters. The number of hydrogen-bond donors (Lipinski definition) is 1. The van der Waals surface area contributed by atoms with Crippen LogP contribution in [-0.2, 0) is 6.42 Å². The molecular weight excluding hydrogens is 255 g/mol. The van der Waals surface area contributed by atoms with E-state index in [2.05, 4.69) is 0 Å². The van der Waals surface area contributed by atoms with Gasteiger partial charge in [-0.05, 0) is 30.4 Å². The second kappa shape index (κ2) is 4.49. The quantitative estimate of drug-likeness (QED) is 0.913. The first-order valence-electron chi connectivity index (χ1n) is 6.54. The Morgan fingerprint density at radius 1 is 1.21 bits per heavy atom. The fraction of sp³-hybridized carbons (Fsp3) is 0.571. The summed E-state index contributed by atoms with van der Waals surface area (Å²) in [4.78, 5) is 1.45. The molecule has 0 aromatic heterocycles. The van der Waals surface area contributed by atoms with Crippen molar-refractivity contribution < 1.29 is 18.3 Å². The van der Waals surface area contributed by atoms with E-state index in [1.54, 1.807) is 6.07 Å². The van der Waals surface area contributed by atoms with Crippen molar-refractivity contribution in [2.24, 2.45) is 0 Å². The highest BCUT2D eigenvalue weighted by Gasteiger charge is 2.45. The van der Waals surface area contributed by atoms with Crippen molar-refractivity contribution in [3.63, 3.8) is 0 Å². The van der Waals surface area contributed by atoms with Crippen LogP contribution in [0, 0.1) is 0 Å². The van der Waals surface area contributed by atoms with Gasteiger partial charge in [-0.1, -0.05) is 24.3 Å². The van der Waals surface area contributed by atoms with Crippen molar-refractivity contribution in [2.75, 3.05) is 6.54 Å². The lowest BCUT2D eigenvalue weighted by molar-refractivity contribution is -0.156. The molecule has 2 aliphatic rings. The third-order valence-corrected chi connectivity index (χ3v) is 3.97. The Labute approximate surface area is 109 Å². The molecule has 19 heavy (non-hydrogen) atoms. The van der Waals surface area contributed by atoms with Crippen molar-refractivity contribution in [3.05, 3.63) is 35.4 Å². The molecule has 2 aliphatic carbocycles.